The number of unbranched alkanes of at least 4 members (excludes halogenated alkanes) is 2. The summed E-state index contributed by atoms with van der Waals surface area (Å²) in [7, 11) is 1.42. The maximum absolute atomic E-state index is 12.4. The van der Waals surface area contributed by atoms with Gasteiger partial charge in [-0.2, -0.15) is 0 Å². The van der Waals surface area contributed by atoms with Crippen LogP contribution in [0.4, 0.5) is 0 Å². The molecular weight excluding hydrogens is 440 g/mol. The van der Waals surface area contributed by atoms with Crippen molar-refractivity contribution in [3.05, 3.63) is 76.0 Å². The molecule has 3 rings (SSSR count). The van der Waals surface area contributed by atoms with Crippen molar-refractivity contribution in [2.75, 3.05) is 13.7 Å². The average molecular weight is 469 g/mol. The highest BCUT2D eigenvalue weighted by Crippen LogP contribution is 2.23. The lowest BCUT2D eigenvalue weighted by Crippen LogP contribution is -2.41. The number of hydrogen-bond acceptors (Lipinski definition) is 6. The van der Waals surface area contributed by atoms with Crippen LogP contribution in [0.2, 0.25) is 0 Å². The van der Waals surface area contributed by atoms with E-state index in [0.717, 1.165) is 34.8 Å². The number of nitrogens with one attached hydrogen (secondary N) is 2. The molecule has 0 unspecified atom stereocenters. The van der Waals surface area contributed by atoms with Crippen LogP contribution in [-0.2, 0) is 16.4 Å². The molecule has 7 nitrogen and oxygen atoms in total. The van der Waals surface area contributed by atoms with Crippen LogP contribution in [0.3, 0.4) is 0 Å². The van der Waals surface area contributed by atoms with Crippen LogP contribution in [-0.4, -0.2) is 25.5 Å². The summed E-state index contributed by atoms with van der Waals surface area (Å²) in [6.07, 6.45) is 3.39. The van der Waals surface area contributed by atoms with Crippen molar-refractivity contribution in [3.63, 3.8) is 0 Å². The minimum atomic E-state index is -0.398. The van der Waals surface area contributed by atoms with Gasteiger partial charge in [0.1, 0.15) is 12.4 Å². The van der Waals surface area contributed by atoms with Gasteiger partial charge in [-0.05, 0) is 53.9 Å². The van der Waals surface area contributed by atoms with Gasteiger partial charge in [0.25, 0.3) is 11.8 Å². The Hall–Kier alpha value is -3.20. The maximum atomic E-state index is 12.4. The molecule has 0 saturated carbocycles. The first-order valence-electron chi connectivity index (χ1n) is 10.8. The molecule has 0 aliphatic rings. The normalized spacial score (nSPS) is 10.6. The van der Waals surface area contributed by atoms with E-state index in [1.165, 1.54) is 31.3 Å². The average Bonchev–Trinajstić information content (AvgIpc) is 3.33. The Morgan fingerprint density at radius 3 is 2.18 bits per heavy atom. The molecular formula is C25H28N2O5S. The largest absolute Gasteiger partial charge is 0.494 e. The van der Waals surface area contributed by atoms with Gasteiger partial charge >= 0.3 is 0 Å². The Kier molecular flexibility index (Phi) is 9.44. The highest BCUT2D eigenvalue weighted by molar-refractivity contribution is 7.14. The van der Waals surface area contributed by atoms with E-state index in [1.54, 1.807) is 24.3 Å². The highest BCUT2D eigenvalue weighted by Gasteiger charge is 2.12. The molecule has 1 aromatic heterocycles. The highest BCUT2D eigenvalue weighted by atomic mass is 32.1. The van der Waals surface area contributed by atoms with Crippen LogP contribution >= 0.6 is 11.3 Å². The summed E-state index contributed by atoms with van der Waals surface area (Å²) < 4.78 is 5.75. The van der Waals surface area contributed by atoms with E-state index in [4.69, 9.17) is 9.62 Å². The van der Waals surface area contributed by atoms with Crippen LogP contribution in [0, 0.1) is 0 Å². The van der Waals surface area contributed by atoms with Gasteiger partial charge in [-0.1, -0.05) is 44.0 Å². The Morgan fingerprint density at radius 1 is 0.848 bits per heavy atom. The number of carbonyl (C=O) groups excluding carboxylic acids is 2. The molecule has 0 spiro atoms. The van der Waals surface area contributed by atoms with Crippen molar-refractivity contribution >= 4 is 23.2 Å². The Balaban J connectivity index is 1.50. The number of amides is 2. The lowest BCUT2D eigenvalue weighted by molar-refractivity contribution is -0.281. The van der Waals surface area contributed by atoms with Gasteiger partial charge in [0.05, 0.1) is 18.6 Å². The minimum absolute atomic E-state index is 0.252. The predicted molar refractivity (Wildman–Crippen MR) is 128 cm³/mol. The second-order valence-corrected chi connectivity index (χ2v) is 8.43. The third-order valence-electron chi connectivity index (χ3n) is 4.85. The molecule has 0 bridgehead atoms. The van der Waals surface area contributed by atoms with Gasteiger partial charge in [-0.15, -0.1) is 11.3 Å². The zero-order valence-corrected chi connectivity index (χ0v) is 19.6. The Bertz CT molecular complexity index is 1030. The van der Waals surface area contributed by atoms with Crippen LogP contribution in [0.1, 0.15) is 51.1 Å². The van der Waals surface area contributed by atoms with Crippen molar-refractivity contribution in [2.24, 2.45) is 0 Å². The third kappa shape index (κ3) is 7.42. The van der Waals surface area contributed by atoms with Gasteiger partial charge in [0.15, 0.2) is 0 Å². The Labute approximate surface area is 197 Å². The Morgan fingerprint density at radius 2 is 1.52 bits per heavy atom. The summed E-state index contributed by atoms with van der Waals surface area (Å²) in [5.41, 5.74) is 7.32. The summed E-state index contributed by atoms with van der Waals surface area (Å²) >= 11 is 1.26. The predicted octanol–water partition coefficient (Wildman–Crippen LogP) is 5.14. The van der Waals surface area contributed by atoms with E-state index in [9.17, 15) is 9.59 Å². The van der Waals surface area contributed by atoms with Crippen molar-refractivity contribution in [1.82, 2.24) is 10.9 Å². The molecule has 2 aromatic carbocycles. The SMILES string of the molecule is CCCCCOc1ccc(-c2ccc(C(=O)NNC(=O)c3ccc(COOC)s3)cc2)cc1. The van der Waals surface area contributed by atoms with Crippen molar-refractivity contribution in [1.29, 1.82) is 0 Å². The van der Waals surface area contributed by atoms with Gasteiger partial charge in [-0.25, -0.2) is 9.78 Å². The van der Waals surface area contributed by atoms with Gasteiger partial charge in [0, 0.05) is 10.4 Å². The van der Waals surface area contributed by atoms with E-state index in [-0.39, 0.29) is 6.61 Å². The van der Waals surface area contributed by atoms with Crippen LogP contribution < -0.4 is 15.6 Å². The number of hydrazine groups is 1. The van der Waals surface area contributed by atoms with E-state index in [0.29, 0.717) is 10.4 Å². The van der Waals surface area contributed by atoms with Gasteiger partial charge in [0.2, 0.25) is 0 Å². The standard InChI is InChI=1S/C25H28N2O5S/c1-3-4-5-16-31-21-12-10-19(11-13-21)18-6-8-20(9-7-18)24(28)26-27-25(29)23-15-14-22(33-23)17-32-30-2/h6-15H,3-5,16-17H2,1-2H3,(H,26,28)(H,27,29). The van der Waals surface area contributed by atoms with Gasteiger partial charge in [-0.3, -0.25) is 20.4 Å². The van der Waals surface area contributed by atoms with E-state index >= 15 is 0 Å². The molecule has 2 N–H and O–H groups in total. The van der Waals surface area contributed by atoms with Crippen LogP contribution in [0.25, 0.3) is 11.1 Å². The first-order chi connectivity index (χ1) is 16.1. The summed E-state index contributed by atoms with van der Waals surface area (Å²) in [6, 6.07) is 18.5. The molecule has 3 aromatic rings. The molecule has 0 radical (unpaired) electrons. The lowest BCUT2D eigenvalue weighted by atomic mass is 10.0. The zero-order valence-electron chi connectivity index (χ0n) is 18.8. The fourth-order valence-corrected chi connectivity index (χ4v) is 3.85. The fourth-order valence-electron chi connectivity index (χ4n) is 3.04. The molecule has 174 valence electrons. The monoisotopic (exact) mass is 468 g/mol. The lowest BCUT2D eigenvalue weighted by Gasteiger charge is -2.09. The maximum Gasteiger partial charge on any atom is 0.279 e. The molecule has 8 heteroatoms. The molecule has 0 aliphatic carbocycles. The van der Waals surface area contributed by atoms with E-state index in [2.05, 4.69) is 22.7 Å². The molecule has 1 heterocycles. The van der Waals surface area contributed by atoms with Crippen molar-refractivity contribution in [3.8, 4) is 16.9 Å². The van der Waals surface area contributed by atoms with Crippen LogP contribution in [0.15, 0.2) is 60.7 Å². The first-order valence-corrected chi connectivity index (χ1v) is 11.6. The second kappa shape index (κ2) is 12.7. The summed E-state index contributed by atoms with van der Waals surface area (Å²) in [5.74, 6) is 0.0570. The summed E-state index contributed by atoms with van der Waals surface area (Å²) in [4.78, 5) is 35.3. The molecule has 0 aliphatic heterocycles. The first kappa shape index (κ1) is 24.4. The summed E-state index contributed by atoms with van der Waals surface area (Å²) in [5, 5.41) is 0. The number of rotatable bonds is 11. The van der Waals surface area contributed by atoms with Gasteiger partial charge < -0.3 is 4.74 Å². The number of thiophene rings is 1. The van der Waals surface area contributed by atoms with E-state index in [1.807, 2.05) is 36.4 Å². The third-order valence-corrected chi connectivity index (χ3v) is 5.90. The number of benzene rings is 2. The molecule has 0 saturated heterocycles. The summed E-state index contributed by atoms with van der Waals surface area (Å²) in [6.45, 7) is 3.15. The molecule has 0 fully saturated rings. The smallest absolute Gasteiger partial charge is 0.279 e. The molecule has 33 heavy (non-hydrogen) atoms. The second-order valence-electron chi connectivity index (χ2n) is 7.26. The zero-order chi connectivity index (χ0) is 23.5. The topological polar surface area (TPSA) is 85.9 Å². The van der Waals surface area contributed by atoms with Crippen LogP contribution in [0.5, 0.6) is 5.75 Å². The quantitative estimate of drug-likeness (QED) is 0.231. The molecule has 0 atom stereocenters. The van der Waals surface area contributed by atoms with Crippen molar-refractivity contribution in [2.45, 2.75) is 32.8 Å². The number of carbonyl (C=O) groups is 2. The molecule has 2 amide bonds. The number of ether oxygens (including phenoxy) is 1. The van der Waals surface area contributed by atoms with Crippen molar-refractivity contribution < 1.29 is 24.1 Å². The number of hydrogen-bond donors (Lipinski definition) is 2. The van der Waals surface area contributed by atoms with E-state index < -0.39 is 11.8 Å². The minimum Gasteiger partial charge on any atom is -0.494 e. The fraction of sp³-hybridized carbons (Fsp3) is 0.280.